The van der Waals surface area contributed by atoms with Gasteiger partial charge in [-0.05, 0) is 30.3 Å². The molecule has 0 fully saturated rings. The van der Waals surface area contributed by atoms with Crippen molar-refractivity contribution in [3.8, 4) is 0 Å². The number of aliphatic hydroxyl groups excluding tert-OH is 1. The maximum Gasteiger partial charge on any atom is 0.291 e. The largest absolute Gasteiger partial charge is 0.459 e. The molecule has 0 aliphatic carbocycles. The van der Waals surface area contributed by atoms with Crippen molar-refractivity contribution < 1.29 is 19.1 Å². The lowest BCUT2D eigenvalue weighted by molar-refractivity contribution is 0.0943. The minimum atomic E-state index is -0.386. The highest BCUT2D eigenvalue weighted by Gasteiger charge is 2.10. The van der Waals surface area contributed by atoms with Crippen LogP contribution in [0.25, 0.3) is 0 Å². The quantitative estimate of drug-likeness (QED) is 0.765. The number of anilines is 1. The zero-order chi connectivity index (χ0) is 14.4. The number of rotatable bonds is 5. The van der Waals surface area contributed by atoms with E-state index in [1.54, 1.807) is 36.4 Å². The molecule has 1 aromatic heterocycles. The Morgan fingerprint density at radius 3 is 2.70 bits per heavy atom. The van der Waals surface area contributed by atoms with Gasteiger partial charge in [0.25, 0.3) is 11.8 Å². The van der Waals surface area contributed by atoms with E-state index in [1.165, 1.54) is 6.26 Å². The van der Waals surface area contributed by atoms with Crippen molar-refractivity contribution in [1.29, 1.82) is 0 Å². The molecule has 3 N–H and O–H groups in total. The Morgan fingerprint density at radius 1 is 1.15 bits per heavy atom. The molecule has 0 radical (unpaired) electrons. The Labute approximate surface area is 115 Å². The molecule has 2 rings (SSSR count). The average molecular weight is 274 g/mol. The Kier molecular flexibility index (Phi) is 4.52. The molecule has 0 bridgehead atoms. The van der Waals surface area contributed by atoms with Crippen LogP contribution >= 0.6 is 0 Å². The van der Waals surface area contributed by atoms with Crippen molar-refractivity contribution in [3.63, 3.8) is 0 Å². The standard InChI is InChI=1S/C14H14N2O4/c17-7-6-15-13(18)10-3-1-4-11(9-10)16-14(19)12-5-2-8-20-12/h1-5,8-9,17H,6-7H2,(H,15,18)(H,16,19). The van der Waals surface area contributed by atoms with Crippen LogP contribution in [0.2, 0.25) is 0 Å². The van der Waals surface area contributed by atoms with Crippen molar-refractivity contribution in [2.45, 2.75) is 0 Å². The molecule has 1 heterocycles. The van der Waals surface area contributed by atoms with E-state index in [4.69, 9.17) is 9.52 Å². The highest BCUT2D eigenvalue weighted by molar-refractivity contribution is 6.03. The second kappa shape index (κ2) is 6.53. The highest BCUT2D eigenvalue weighted by atomic mass is 16.3. The fourth-order valence-corrected chi connectivity index (χ4v) is 1.61. The molecule has 0 aliphatic heterocycles. The van der Waals surface area contributed by atoms with Crippen molar-refractivity contribution in [2.75, 3.05) is 18.5 Å². The molecule has 0 aliphatic rings. The number of benzene rings is 1. The number of nitrogens with one attached hydrogen (secondary N) is 2. The first-order valence-electron chi connectivity index (χ1n) is 6.04. The Bertz CT molecular complexity index is 593. The molecule has 2 aromatic rings. The third kappa shape index (κ3) is 3.46. The molecule has 0 saturated carbocycles. The summed E-state index contributed by atoms with van der Waals surface area (Å²) in [5.41, 5.74) is 0.888. The zero-order valence-corrected chi connectivity index (χ0v) is 10.6. The summed E-state index contributed by atoms with van der Waals surface area (Å²) in [6, 6.07) is 9.67. The van der Waals surface area contributed by atoms with Gasteiger partial charge in [0.2, 0.25) is 0 Å². The molecular formula is C14H14N2O4. The van der Waals surface area contributed by atoms with Gasteiger partial charge in [-0.25, -0.2) is 0 Å². The minimum absolute atomic E-state index is 0.124. The van der Waals surface area contributed by atoms with Crippen molar-refractivity contribution in [1.82, 2.24) is 5.32 Å². The van der Waals surface area contributed by atoms with Gasteiger partial charge in [0.05, 0.1) is 12.9 Å². The first-order valence-corrected chi connectivity index (χ1v) is 6.04. The smallest absolute Gasteiger partial charge is 0.291 e. The lowest BCUT2D eigenvalue weighted by Gasteiger charge is -2.06. The van der Waals surface area contributed by atoms with Crippen molar-refractivity contribution in [3.05, 3.63) is 54.0 Å². The molecule has 2 amide bonds. The third-order valence-electron chi connectivity index (χ3n) is 2.52. The van der Waals surface area contributed by atoms with Crippen LogP contribution in [0, 0.1) is 0 Å². The van der Waals surface area contributed by atoms with Crippen LogP contribution in [0.15, 0.2) is 47.1 Å². The maximum atomic E-state index is 11.8. The van der Waals surface area contributed by atoms with Gasteiger partial charge in [-0.15, -0.1) is 0 Å². The molecule has 0 unspecified atom stereocenters. The van der Waals surface area contributed by atoms with Crippen LogP contribution in [0.5, 0.6) is 0 Å². The predicted octanol–water partition coefficient (Wildman–Crippen LogP) is 1.25. The molecule has 1 aromatic carbocycles. The summed E-state index contributed by atoms with van der Waals surface area (Å²) in [4.78, 5) is 23.5. The van der Waals surface area contributed by atoms with Crippen LogP contribution < -0.4 is 10.6 Å². The summed E-state index contributed by atoms with van der Waals surface area (Å²) >= 11 is 0. The Balaban J connectivity index is 2.06. The summed E-state index contributed by atoms with van der Waals surface area (Å²) in [6.07, 6.45) is 1.41. The number of hydrogen-bond acceptors (Lipinski definition) is 4. The average Bonchev–Trinajstić information content (AvgIpc) is 2.99. The molecule has 20 heavy (non-hydrogen) atoms. The second-order valence-corrected chi connectivity index (χ2v) is 3.99. The summed E-state index contributed by atoms with van der Waals surface area (Å²) in [5.74, 6) is -0.504. The number of aliphatic hydroxyl groups is 1. The number of furan rings is 1. The highest BCUT2D eigenvalue weighted by Crippen LogP contribution is 2.12. The summed E-state index contributed by atoms with van der Waals surface area (Å²) in [7, 11) is 0. The predicted molar refractivity (Wildman–Crippen MR) is 72.5 cm³/mol. The number of carbonyl (C=O) groups excluding carboxylic acids is 2. The number of amides is 2. The summed E-state index contributed by atoms with van der Waals surface area (Å²) in [5, 5.41) is 13.8. The molecule has 104 valence electrons. The van der Waals surface area contributed by atoms with Crippen LogP contribution in [0.3, 0.4) is 0 Å². The number of hydrogen-bond donors (Lipinski definition) is 3. The minimum Gasteiger partial charge on any atom is -0.459 e. The summed E-state index contributed by atoms with van der Waals surface area (Å²) < 4.78 is 4.98. The number of carbonyl (C=O) groups is 2. The van der Waals surface area contributed by atoms with E-state index in [9.17, 15) is 9.59 Å². The van der Waals surface area contributed by atoms with Crippen LogP contribution in [-0.4, -0.2) is 30.1 Å². The monoisotopic (exact) mass is 274 g/mol. The molecule has 6 heteroatoms. The summed E-state index contributed by atoms with van der Waals surface area (Å²) in [6.45, 7) is 0.0580. The molecule has 0 saturated heterocycles. The van der Waals surface area contributed by atoms with E-state index in [0.717, 1.165) is 0 Å². The Morgan fingerprint density at radius 2 is 2.00 bits per heavy atom. The fourth-order valence-electron chi connectivity index (χ4n) is 1.61. The van der Waals surface area contributed by atoms with Gasteiger partial charge in [0, 0.05) is 17.8 Å². The first kappa shape index (κ1) is 13.8. The lowest BCUT2D eigenvalue weighted by atomic mass is 10.2. The van der Waals surface area contributed by atoms with E-state index in [1.807, 2.05) is 0 Å². The topological polar surface area (TPSA) is 91.6 Å². The first-order chi connectivity index (χ1) is 9.70. The van der Waals surface area contributed by atoms with Crippen LogP contribution in [0.1, 0.15) is 20.9 Å². The van der Waals surface area contributed by atoms with Gasteiger partial charge in [-0.3, -0.25) is 9.59 Å². The van der Waals surface area contributed by atoms with Crippen molar-refractivity contribution >= 4 is 17.5 Å². The van der Waals surface area contributed by atoms with E-state index in [2.05, 4.69) is 10.6 Å². The fraction of sp³-hybridized carbons (Fsp3) is 0.143. The zero-order valence-electron chi connectivity index (χ0n) is 10.6. The van der Waals surface area contributed by atoms with Crippen LogP contribution in [-0.2, 0) is 0 Å². The normalized spacial score (nSPS) is 10.1. The molecular weight excluding hydrogens is 260 g/mol. The van der Waals surface area contributed by atoms with Gasteiger partial charge in [0.15, 0.2) is 5.76 Å². The van der Waals surface area contributed by atoms with Gasteiger partial charge in [-0.1, -0.05) is 6.07 Å². The SMILES string of the molecule is O=C(NCCO)c1cccc(NC(=O)c2ccco2)c1. The van der Waals surface area contributed by atoms with E-state index < -0.39 is 0 Å². The van der Waals surface area contributed by atoms with Crippen molar-refractivity contribution in [2.24, 2.45) is 0 Å². The molecule has 6 nitrogen and oxygen atoms in total. The second-order valence-electron chi connectivity index (χ2n) is 3.99. The molecule has 0 atom stereocenters. The van der Waals surface area contributed by atoms with Gasteiger partial charge in [-0.2, -0.15) is 0 Å². The van der Waals surface area contributed by atoms with E-state index in [-0.39, 0.29) is 30.7 Å². The Hall–Kier alpha value is -2.60. The van der Waals surface area contributed by atoms with Gasteiger partial charge < -0.3 is 20.2 Å². The van der Waals surface area contributed by atoms with Gasteiger partial charge >= 0.3 is 0 Å². The molecule has 0 spiro atoms. The van der Waals surface area contributed by atoms with E-state index in [0.29, 0.717) is 11.3 Å². The third-order valence-corrected chi connectivity index (χ3v) is 2.52. The van der Waals surface area contributed by atoms with E-state index >= 15 is 0 Å². The van der Waals surface area contributed by atoms with Gasteiger partial charge in [0.1, 0.15) is 0 Å². The lowest BCUT2D eigenvalue weighted by Crippen LogP contribution is -2.26. The van der Waals surface area contributed by atoms with Crippen LogP contribution in [0.4, 0.5) is 5.69 Å². The maximum absolute atomic E-state index is 11.8.